The molecule has 0 aromatic heterocycles. The third-order valence-electron chi connectivity index (χ3n) is 7.66. The van der Waals surface area contributed by atoms with Crippen molar-refractivity contribution in [2.24, 2.45) is 22.7 Å². The Morgan fingerprint density at radius 2 is 1.92 bits per heavy atom. The lowest BCUT2D eigenvalue weighted by molar-refractivity contribution is -0.172. The number of hydrogen-bond donors (Lipinski definition) is 1. The molecule has 0 saturated heterocycles. The van der Waals surface area contributed by atoms with Gasteiger partial charge in [0.15, 0.2) is 0 Å². The Labute approximate surface area is 168 Å². The summed E-state index contributed by atoms with van der Waals surface area (Å²) in [6.07, 6.45) is 7.41. The predicted octanol–water partition coefficient (Wildman–Crippen LogP) is 5.64. The van der Waals surface area contributed by atoms with Gasteiger partial charge in [-0.1, -0.05) is 43.3 Å². The van der Waals surface area contributed by atoms with Crippen molar-refractivity contribution in [1.29, 1.82) is 0 Å². The second-order valence-corrected chi connectivity index (χ2v) is 11.1. The summed E-state index contributed by atoms with van der Waals surface area (Å²) in [7, 11) is 0. The first-order valence-corrected chi connectivity index (χ1v) is 10.9. The van der Waals surface area contributed by atoms with Crippen molar-refractivity contribution < 1.29 is 14.6 Å². The summed E-state index contributed by atoms with van der Waals surface area (Å²) >= 11 is 3.92. The Kier molecular flexibility index (Phi) is 6.11. The quantitative estimate of drug-likeness (QED) is 0.349. The van der Waals surface area contributed by atoms with E-state index in [4.69, 9.17) is 4.74 Å². The zero-order chi connectivity index (χ0) is 20.0. The van der Waals surface area contributed by atoms with Crippen LogP contribution in [0.15, 0.2) is 12.7 Å². The number of esters is 1. The second kappa shape index (κ2) is 7.24. The normalized spacial score (nSPS) is 41.6. The largest absolute Gasteiger partial charge is 0.455 e. The molecule has 2 aliphatic carbocycles. The summed E-state index contributed by atoms with van der Waals surface area (Å²) in [5, 5.41) is 11.3. The number of alkyl halides is 1. The third-order valence-corrected chi connectivity index (χ3v) is 9.30. The lowest BCUT2D eigenvalue weighted by Crippen LogP contribution is -2.60. The smallest absolute Gasteiger partial charge is 0.303 e. The molecule has 0 aromatic rings. The van der Waals surface area contributed by atoms with Gasteiger partial charge in [-0.15, -0.1) is 0 Å². The molecule has 0 heterocycles. The van der Waals surface area contributed by atoms with Crippen LogP contribution in [0.2, 0.25) is 0 Å². The maximum Gasteiger partial charge on any atom is 0.303 e. The van der Waals surface area contributed by atoms with Gasteiger partial charge in [0.2, 0.25) is 0 Å². The van der Waals surface area contributed by atoms with E-state index in [0.717, 1.165) is 32.1 Å². The van der Waals surface area contributed by atoms with E-state index in [1.807, 2.05) is 13.8 Å². The van der Waals surface area contributed by atoms with Crippen LogP contribution in [0.25, 0.3) is 0 Å². The minimum Gasteiger partial charge on any atom is -0.455 e. The van der Waals surface area contributed by atoms with E-state index in [-0.39, 0.29) is 22.7 Å². The number of carbonyl (C=O) groups is 1. The number of fused-ring (bicyclic) bond motifs is 1. The molecule has 0 radical (unpaired) electrons. The number of ether oxygens (including phenoxy) is 1. The molecular formula is C22H37BrO3. The number of aliphatic hydroxyl groups is 1. The van der Waals surface area contributed by atoms with Crippen molar-refractivity contribution in [3.8, 4) is 0 Å². The monoisotopic (exact) mass is 428 g/mol. The van der Waals surface area contributed by atoms with Crippen LogP contribution < -0.4 is 0 Å². The summed E-state index contributed by atoms with van der Waals surface area (Å²) in [5.41, 5.74) is -1.06. The molecule has 6 unspecified atom stereocenters. The highest BCUT2D eigenvalue weighted by molar-refractivity contribution is 9.09. The van der Waals surface area contributed by atoms with Crippen LogP contribution in [0.1, 0.15) is 80.1 Å². The van der Waals surface area contributed by atoms with E-state index >= 15 is 0 Å². The molecule has 0 aliphatic heterocycles. The van der Waals surface area contributed by atoms with E-state index in [9.17, 15) is 9.90 Å². The molecule has 2 rings (SSSR count). The van der Waals surface area contributed by atoms with Crippen molar-refractivity contribution in [3.63, 3.8) is 0 Å². The molecule has 2 aliphatic rings. The van der Waals surface area contributed by atoms with Gasteiger partial charge < -0.3 is 9.84 Å². The Morgan fingerprint density at radius 1 is 1.31 bits per heavy atom. The fraction of sp³-hybridized carbons (Fsp3) is 0.864. The van der Waals surface area contributed by atoms with E-state index < -0.39 is 11.2 Å². The topological polar surface area (TPSA) is 46.5 Å². The molecule has 2 saturated carbocycles. The molecule has 6 atom stereocenters. The first kappa shape index (κ1) is 21.9. The molecule has 4 heteroatoms. The van der Waals surface area contributed by atoms with Gasteiger partial charge in [0.1, 0.15) is 5.60 Å². The molecule has 0 bridgehead atoms. The lowest BCUT2D eigenvalue weighted by atomic mass is 9.45. The second-order valence-electron chi connectivity index (χ2n) is 9.98. The number of halogens is 1. The van der Waals surface area contributed by atoms with Gasteiger partial charge in [0.05, 0.1) is 5.60 Å². The summed E-state index contributed by atoms with van der Waals surface area (Å²) in [4.78, 5) is 12.0. The number of carbonyl (C=O) groups excluding carboxylic acids is 1. The highest BCUT2D eigenvalue weighted by Crippen LogP contribution is 2.64. The van der Waals surface area contributed by atoms with Crippen LogP contribution in [-0.4, -0.2) is 27.1 Å². The molecule has 150 valence electrons. The number of hydrogen-bond acceptors (Lipinski definition) is 3. The van der Waals surface area contributed by atoms with Crippen LogP contribution >= 0.6 is 15.9 Å². The lowest BCUT2D eigenvalue weighted by Gasteiger charge is -2.62. The minimum absolute atomic E-state index is 0.0911. The van der Waals surface area contributed by atoms with Crippen LogP contribution in [0.4, 0.5) is 0 Å². The maximum atomic E-state index is 11.5. The van der Waals surface area contributed by atoms with E-state index in [1.54, 1.807) is 6.08 Å². The van der Waals surface area contributed by atoms with E-state index in [1.165, 1.54) is 6.92 Å². The summed E-state index contributed by atoms with van der Waals surface area (Å²) in [6, 6.07) is 0. The van der Waals surface area contributed by atoms with Crippen molar-refractivity contribution in [3.05, 3.63) is 12.7 Å². The molecule has 0 spiro atoms. The van der Waals surface area contributed by atoms with Gasteiger partial charge in [-0.2, -0.15) is 0 Å². The maximum absolute atomic E-state index is 11.5. The average molecular weight is 429 g/mol. The fourth-order valence-corrected chi connectivity index (χ4v) is 6.63. The first-order chi connectivity index (χ1) is 11.8. The Hall–Kier alpha value is -0.350. The van der Waals surface area contributed by atoms with E-state index in [0.29, 0.717) is 17.2 Å². The van der Waals surface area contributed by atoms with Gasteiger partial charge in [-0.05, 0) is 81.1 Å². The molecule has 1 N–H and O–H groups in total. The van der Waals surface area contributed by atoms with Crippen LogP contribution in [0, 0.1) is 22.7 Å². The third kappa shape index (κ3) is 3.92. The van der Waals surface area contributed by atoms with Crippen molar-refractivity contribution in [2.75, 3.05) is 0 Å². The Bertz CT molecular complexity index is 556. The summed E-state index contributed by atoms with van der Waals surface area (Å²) < 4.78 is 5.53. The summed E-state index contributed by atoms with van der Waals surface area (Å²) in [5.74, 6) is 0.470. The molecule has 3 nitrogen and oxygen atoms in total. The molecule has 26 heavy (non-hydrogen) atoms. The summed E-state index contributed by atoms with van der Waals surface area (Å²) in [6.45, 7) is 16.4. The Morgan fingerprint density at radius 3 is 2.46 bits per heavy atom. The minimum atomic E-state index is -0.682. The van der Waals surface area contributed by atoms with Gasteiger partial charge >= 0.3 is 5.97 Å². The highest BCUT2D eigenvalue weighted by atomic mass is 79.9. The SMILES string of the molecule is C=CC(C)(CCC1C(C)(O)CCC2C(C)(C)C(Br)CCC12C)OC(C)=O. The van der Waals surface area contributed by atoms with Crippen LogP contribution in [-0.2, 0) is 9.53 Å². The van der Waals surface area contributed by atoms with Gasteiger partial charge in [-0.25, -0.2) is 0 Å². The highest BCUT2D eigenvalue weighted by Gasteiger charge is 2.59. The standard InChI is InChI=1S/C22H37BrO3/c1-8-20(5,26-15(2)24)12-9-17-21(6)13-11-18(23)19(3,4)16(21)10-14-22(17,7)25/h8,16-18,25H,1,9-14H2,2-7H3. The van der Waals surface area contributed by atoms with Crippen molar-refractivity contribution >= 4 is 21.9 Å². The molecule has 2 fully saturated rings. The molecular weight excluding hydrogens is 392 g/mol. The van der Waals surface area contributed by atoms with Crippen LogP contribution in [0.3, 0.4) is 0 Å². The van der Waals surface area contributed by atoms with Gasteiger partial charge in [0, 0.05) is 11.8 Å². The fourth-order valence-electron chi connectivity index (χ4n) is 6.09. The zero-order valence-electron chi connectivity index (χ0n) is 17.4. The Balaban J connectivity index is 2.29. The zero-order valence-corrected chi connectivity index (χ0v) is 19.0. The average Bonchev–Trinajstić information content (AvgIpc) is 2.49. The van der Waals surface area contributed by atoms with Gasteiger partial charge in [-0.3, -0.25) is 4.79 Å². The van der Waals surface area contributed by atoms with Crippen molar-refractivity contribution in [2.45, 2.75) is 96.1 Å². The first-order valence-electron chi connectivity index (χ1n) is 9.98. The van der Waals surface area contributed by atoms with E-state index in [2.05, 4.69) is 43.3 Å². The van der Waals surface area contributed by atoms with Crippen molar-refractivity contribution in [1.82, 2.24) is 0 Å². The molecule has 0 amide bonds. The van der Waals surface area contributed by atoms with Crippen LogP contribution in [0.5, 0.6) is 0 Å². The molecule has 0 aromatic carbocycles. The number of rotatable bonds is 5. The van der Waals surface area contributed by atoms with Gasteiger partial charge in [0.25, 0.3) is 0 Å². The predicted molar refractivity (Wildman–Crippen MR) is 110 cm³/mol.